The first-order chi connectivity index (χ1) is 12.2. The lowest BCUT2D eigenvalue weighted by molar-refractivity contribution is -0.115. The molecule has 134 valence electrons. The van der Waals surface area contributed by atoms with Crippen molar-refractivity contribution >= 4 is 34.9 Å². The zero-order valence-electron chi connectivity index (χ0n) is 13.6. The van der Waals surface area contributed by atoms with Crippen LogP contribution in [0.15, 0.2) is 29.1 Å². The van der Waals surface area contributed by atoms with E-state index in [9.17, 15) is 9.18 Å². The van der Waals surface area contributed by atoms with Crippen molar-refractivity contribution in [2.45, 2.75) is 12.6 Å². The van der Waals surface area contributed by atoms with E-state index in [1.54, 1.807) is 11.6 Å². The molecule has 1 saturated heterocycles. The summed E-state index contributed by atoms with van der Waals surface area (Å²) in [4.78, 5) is 19.8. The van der Waals surface area contributed by atoms with Crippen LogP contribution in [0, 0.1) is 5.82 Å². The zero-order valence-corrected chi connectivity index (χ0v) is 15.2. The Kier molecular flexibility index (Phi) is 6.36. The van der Waals surface area contributed by atoms with Gasteiger partial charge in [0.1, 0.15) is 12.1 Å². The van der Waals surface area contributed by atoms with E-state index in [4.69, 9.17) is 16.3 Å². The molecule has 0 N–H and O–H groups in total. The van der Waals surface area contributed by atoms with Crippen molar-refractivity contribution in [3.8, 4) is 0 Å². The lowest BCUT2D eigenvalue weighted by Gasteiger charge is -2.38. The third-order valence-corrected chi connectivity index (χ3v) is 5.15. The lowest BCUT2D eigenvalue weighted by atomic mass is 10.2. The van der Waals surface area contributed by atoms with E-state index >= 15 is 0 Å². The Bertz CT molecular complexity index is 693. The molecule has 5 nitrogen and oxygen atoms in total. The van der Waals surface area contributed by atoms with Gasteiger partial charge in [-0.1, -0.05) is 11.6 Å². The number of anilines is 1. The van der Waals surface area contributed by atoms with Gasteiger partial charge in [-0.15, -0.1) is 11.3 Å². The highest BCUT2D eigenvalue weighted by molar-refractivity contribution is 7.07. The number of nitrogens with zero attached hydrogens (tertiary/aromatic N) is 3. The second kappa shape index (κ2) is 8.71. The molecule has 0 amide bonds. The first-order valence-corrected chi connectivity index (χ1v) is 9.33. The minimum absolute atomic E-state index is 0.274. The van der Waals surface area contributed by atoms with Gasteiger partial charge in [0.25, 0.3) is 0 Å². The number of rotatable bonds is 7. The molecule has 1 aromatic heterocycles. The maximum Gasteiger partial charge on any atom is 0.139 e. The number of piperazine rings is 1. The van der Waals surface area contributed by atoms with Gasteiger partial charge in [0.2, 0.25) is 0 Å². The van der Waals surface area contributed by atoms with Crippen molar-refractivity contribution < 1.29 is 13.9 Å². The van der Waals surface area contributed by atoms with E-state index in [2.05, 4.69) is 14.8 Å². The summed E-state index contributed by atoms with van der Waals surface area (Å²) in [7, 11) is 0. The van der Waals surface area contributed by atoms with Gasteiger partial charge < -0.3 is 14.4 Å². The van der Waals surface area contributed by atoms with Gasteiger partial charge in [-0.05, 0) is 18.2 Å². The van der Waals surface area contributed by atoms with Crippen LogP contribution in [0.25, 0.3) is 0 Å². The van der Waals surface area contributed by atoms with Gasteiger partial charge >= 0.3 is 0 Å². The zero-order chi connectivity index (χ0) is 17.6. The number of aromatic nitrogens is 1. The van der Waals surface area contributed by atoms with Crippen molar-refractivity contribution in [1.29, 1.82) is 0 Å². The quantitative estimate of drug-likeness (QED) is 0.688. The van der Waals surface area contributed by atoms with E-state index in [1.165, 1.54) is 23.5 Å². The van der Waals surface area contributed by atoms with Gasteiger partial charge in [-0.2, -0.15) is 0 Å². The minimum atomic E-state index is -0.342. The van der Waals surface area contributed by atoms with Crippen LogP contribution >= 0.6 is 22.9 Å². The van der Waals surface area contributed by atoms with Crippen LogP contribution in [0.5, 0.6) is 0 Å². The fourth-order valence-corrected chi connectivity index (χ4v) is 3.69. The molecule has 1 aliphatic rings. The SMILES string of the molecule is O=CC(COCc1cscn1)N1CCN(c2ccc(F)cc2Cl)CC1. The molecule has 8 heteroatoms. The highest BCUT2D eigenvalue weighted by atomic mass is 35.5. The molecule has 0 radical (unpaired) electrons. The van der Waals surface area contributed by atoms with E-state index in [0.29, 0.717) is 18.2 Å². The van der Waals surface area contributed by atoms with Crippen molar-refractivity contribution in [3.63, 3.8) is 0 Å². The molecule has 3 rings (SSSR count). The summed E-state index contributed by atoms with van der Waals surface area (Å²) in [6, 6.07) is 4.16. The molecule has 0 spiro atoms. The average Bonchev–Trinajstić information content (AvgIpc) is 3.13. The Morgan fingerprint density at radius 2 is 2.16 bits per heavy atom. The van der Waals surface area contributed by atoms with E-state index in [0.717, 1.165) is 43.8 Å². The highest BCUT2D eigenvalue weighted by Gasteiger charge is 2.24. The Hall–Kier alpha value is -1.54. The van der Waals surface area contributed by atoms with Crippen LogP contribution in [0.1, 0.15) is 5.69 Å². The number of thiazole rings is 1. The summed E-state index contributed by atoms with van der Waals surface area (Å²) < 4.78 is 18.8. The minimum Gasteiger partial charge on any atom is -0.373 e. The van der Waals surface area contributed by atoms with E-state index in [1.807, 2.05) is 5.38 Å². The van der Waals surface area contributed by atoms with Crippen LogP contribution < -0.4 is 4.90 Å². The van der Waals surface area contributed by atoms with Crippen LogP contribution in [0.2, 0.25) is 5.02 Å². The maximum absolute atomic E-state index is 13.2. The third-order valence-electron chi connectivity index (χ3n) is 4.21. The fourth-order valence-electron chi connectivity index (χ4n) is 2.86. The largest absolute Gasteiger partial charge is 0.373 e. The third kappa shape index (κ3) is 4.76. The van der Waals surface area contributed by atoms with Crippen LogP contribution in [0.3, 0.4) is 0 Å². The summed E-state index contributed by atoms with van der Waals surface area (Å²) >= 11 is 7.65. The molecule has 2 aromatic rings. The summed E-state index contributed by atoms with van der Waals surface area (Å²) in [6.45, 7) is 3.65. The van der Waals surface area contributed by atoms with Crippen molar-refractivity contribution in [3.05, 3.63) is 45.6 Å². The van der Waals surface area contributed by atoms with E-state index < -0.39 is 0 Å². The molecule has 1 aliphatic heterocycles. The highest BCUT2D eigenvalue weighted by Crippen LogP contribution is 2.27. The predicted molar refractivity (Wildman–Crippen MR) is 96.8 cm³/mol. The number of carbonyl (C=O) groups excluding carboxylic acids is 1. The number of hydrogen-bond donors (Lipinski definition) is 0. The van der Waals surface area contributed by atoms with E-state index in [-0.39, 0.29) is 11.9 Å². The maximum atomic E-state index is 13.2. The molecule has 0 aliphatic carbocycles. The Morgan fingerprint density at radius 3 is 2.80 bits per heavy atom. The summed E-state index contributed by atoms with van der Waals surface area (Å²) in [5.74, 6) is -0.342. The summed E-state index contributed by atoms with van der Waals surface area (Å²) in [5.41, 5.74) is 3.46. The van der Waals surface area contributed by atoms with Gasteiger partial charge in [0.15, 0.2) is 0 Å². The number of carbonyl (C=O) groups is 1. The molecule has 0 saturated carbocycles. The van der Waals surface area contributed by atoms with Crippen LogP contribution in [-0.2, 0) is 16.1 Å². The molecule has 1 atom stereocenters. The molecular formula is C17H19ClFN3O2S. The average molecular weight is 384 g/mol. The molecular weight excluding hydrogens is 365 g/mol. The van der Waals surface area contributed by atoms with Crippen molar-refractivity contribution in [1.82, 2.24) is 9.88 Å². The number of halogens is 2. The standard InChI is InChI=1S/C17H19ClFN3O2S/c18-16-7-13(19)1-2-17(16)22-5-3-21(4-6-22)15(8-23)10-24-9-14-11-25-12-20-14/h1-2,7-8,11-12,15H,3-6,9-10H2. The second-order valence-corrected chi connectivity index (χ2v) is 6.94. The van der Waals surface area contributed by atoms with Crippen molar-refractivity contribution in [2.75, 3.05) is 37.7 Å². The molecule has 1 fully saturated rings. The molecule has 25 heavy (non-hydrogen) atoms. The summed E-state index contributed by atoms with van der Waals surface area (Å²) in [6.07, 6.45) is 0.932. The molecule has 1 aromatic carbocycles. The molecule has 0 bridgehead atoms. The number of ether oxygens (including phenoxy) is 1. The van der Waals surface area contributed by atoms with Crippen LogP contribution in [-0.4, -0.2) is 55.0 Å². The second-order valence-electron chi connectivity index (χ2n) is 5.82. The number of aldehydes is 1. The van der Waals surface area contributed by atoms with Gasteiger partial charge in [-0.25, -0.2) is 9.37 Å². The first kappa shape index (κ1) is 18.3. The lowest BCUT2D eigenvalue weighted by Crippen LogP contribution is -2.52. The Morgan fingerprint density at radius 1 is 1.36 bits per heavy atom. The number of benzene rings is 1. The smallest absolute Gasteiger partial charge is 0.139 e. The monoisotopic (exact) mass is 383 g/mol. The normalized spacial score (nSPS) is 16.8. The predicted octanol–water partition coefficient (Wildman–Crippen LogP) is 2.84. The summed E-state index contributed by atoms with van der Waals surface area (Å²) in [5, 5.41) is 2.34. The topological polar surface area (TPSA) is 45.7 Å². The Labute approximate surface area is 155 Å². The van der Waals surface area contributed by atoms with Gasteiger partial charge in [-0.3, -0.25) is 4.90 Å². The van der Waals surface area contributed by atoms with Crippen LogP contribution in [0.4, 0.5) is 10.1 Å². The first-order valence-electron chi connectivity index (χ1n) is 8.01. The number of hydrogen-bond acceptors (Lipinski definition) is 6. The van der Waals surface area contributed by atoms with Gasteiger partial charge in [0, 0.05) is 31.6 Å². The molecule has 1 unspecified atom stereocenters. The Balaban J connectivity index is 1.50. The molecule has 2 heterocycles. The fraction of sp³-hybridized carbons (Fsp3) is 0.412. The van der Waals surface area contributed by atoms with Gasteiger partial charge in [0.05, 0.1) is 41.2 Å². The van der Waals surface area contributed by atoms with Crippen molar-refractivity contribution in [2.24, 2.45) is 0 Å².